The van der Waals surface area contributed by atoms with Crippen LogP contribution in [0.2, 0.25) is 0 Å². The van der Waals surface area contributed by atoms with Gasteiger partial charge in [0.25, 0.3) is 0 Å². The molecule has 0 saturated heterocycles. The molecular weight excluding hydrogens is 265 g/mol. The number of benzene rings is 2. The molecule has 2 aromatic rings. The van der Waals surface area contributed by atoms with Gasteiger partial charge >= 0.3 is 0 Å². The smallest absolute Gasteiger partial charge is 0.127 e. The van der Waals surface area contributed by atoms with Gasteiger partial charge in [-0.05, 0) is 23.1 Å². The first-order valence-corrected chi connectivity index (χ1v) is 7.30. The van der Waals surface area contributed by atoms with Crippen LogP contribution in [0.3, 0.4) is 0 Å². The lowest BCUT2D eigenvalue weighted by molar-refractivity contribution is 0.174. The molecular formula is C18H22FNO. The highest BCUT2D eigenvalue weighted by Gasteiger charge is 2.08. The van der Waals surface area contributed by atoms with Crippen LogP contribution >= 0.6 is 0 Å². The van der Waals surface area contributed by atoms with Crippen LogP contribution in [0.4, 0.5) is 4.39 Å². The first kappa shape index (κ1) is 15.7. The molecule has 0 heterocycles. The maximum absolute atomic E-state index is 13.5. The van der Waals surface area contributed by atoms with Crippen LogP contribution in [0.15, 0.2) is 48.5 Å². The molecule has 0 saturated carbocycles. The zero-order valence-corrected chi connectivity index (χ0v) is 12.5. The Morgan fingerprint density at radius 3 is 2.24 bits per heavy atom. The van der Waals surface area contributed by atoms with Gasteiger partial charge in [0.2, 0.25) is 0 Å². The third-order valence-electron chi connectivity index (χ3n) is 3.60. The molecule has 2 rings (SSSR count). The Balaban J connectivity index is 1.87. The van der Waals surface area contributed by atoms with Gasteiger partial charge in [0.1, 0.15) is 5.82 Å². The molecule has 0 amide bonds. The van der Waals surface area contributed by atoms with Gasteiger partial charge in [0.15, 0.2) is 0 Å². The lowest BCUT2D eigenvalue weighted by Crippen LogP contribution is -2.21. The minimum atomic E-state index is -0.585. The van der Waals surface area contributed by atoms with Crippen molar-refractivity contribution in [3.05, 3.63) is 71.0 Å². The van der Waals surface area contributed by atoms with Crippen LogP contribution in [0.5, 0.6) is 0 Å². The molecule has 2 aromatic carbocycles. The van der Waals surface area contributed by atoms with Gasteiger partial charge < -0.3 is 10.4 Å². The van der Waals surface area contributed by atoms with Gasteiger partial charge in [-0.3, -0.25) is 0 Å². The second-order valence-corrected chi connectivity index (χ2v) is 5.56. The molecule has 0 spiro atoms. The summed E-state index contributed by atoms with van der Waals surface area (Å²) < 4.78 is 13.5. The molecule has 2 N–H and O–H groups in total. The second-order valence-electron chi connectivity index (χ2n) is 5.56. The summed E-state index contributed by atoms with van der Waals surface area (Å²) in [6.07, 6.45) is -0.585. The minimum absolute atomic E-state index is 0.222. The fraction of sp³-hybridized carbons (Fsp3) is 0.333. The normalized spacial score (nSPS) is 12.6. The van der Waals surface area contributed by atoms with E-state index in [2.05, 4.69) is 19.2 Å². The number of nitrogens with one attached hydrogen (secondary N) is 1. The average molecular weight is 287 g/mol. The van der Waals surface area contributed by atoms with Gasteiger partial charge in [-0.1, -0.05) is 56.3 Å². The summed E-state index contributed by atoms with van der Waals surface area (Å²) in [4.78, 5) is 0. The SMILES string of the molecule is CC(C)c1ccc(C(O)CNCc2ccccc2F)cc1. The van der Waals surface area contributed by atoms with Gasteiger partial charge in [0, 0.05) is 18.7 Å². The van der Waals surface area contributed by atoms with E-state index in [1.807, 2.05) is 24.3 Å². The number of rotatable bonds is 6. The van der Waals surface area contributed by atoms with Crippen molar-refractivity contribution in [1.82, 2.24) is 5.32 Å². The third-order valence-corrected chi connectivity index (χ3v) is 3.60. The number of hydrogen-bond acceptors (Lipinski definition) is 2. The summed E-state index contributed by atoms with van der Waals surface area (Å²) in [6.45, 7) is 5.09. The van der Waals surface area contributed by atoms with Gasteiger partial charge in [0.05, 0.1) is 6.10 Å². The molecule has 112 valence electrons. The van der Waals surface area contributed by atoms with Crippen LogP contribution < -0.4 is 5.32 Å². The molecule has 3 heteroatoms. The monoisotopic (exact) mass is 287 g/mol. The van der Waals surface area contributed by atoms with E-state index >= 15 is 0 Å². The molecule has 0 bridgehead atoms. The van der Waals surface area contributed by atoms with Crippen LogP contribution in [0.25, 0.3) is 0 Å². The fourth-order valence-corrected chi connectivity index (χ4v) is 2.21. The van der Waals surface area contributed by atoms with Crippen molar-refractivity contribution in [2.45, 2.75) is 32.4 Å². The molecule has 0 aliphatic heterocycles. The summed E-state index contributed by atoms with van der Waals surface area (Å²) >= 11 is 0. The Morgan fingerprint density at radius 1 is 1.00 bits per heavy atom. The number of halogens is 1. The van der Waals surface area contributed by atoms with Crippen LogP contribution in [0, 0.1) is 5.82 Å². The highest BCUT2D eigenvalue weighted by molar-refractivity contribution is 5.26. The Morgan fingerprint density at radius 2 is 1.62 bits per heavy atom. The van der Waals surface area contributed by atoms with Crippen LogP contribution in [-0.2, 0) is 6.54 Å². The van der Waals surface area contributed by atoms with Gasteiger partial charge in [-0.15, -0.1) is 0 Å². The first-order chi connectivity index (χ1) is 10.1. The lowest BCUT2D eigenvalue weighted by atomic mass is 10.00. The number of aliphatic hydroxyl groups excluding tert-OH is 1. The summed E-state index contributed by atoms with van der Waals surface area (Å²) in [5.41, 5.74) is 2.74. The maximum Gasteiger partial charge on any atom is 0.127 e. The van der Waals surface area contributed by atoms with Gasteiger partial charge in [-0.25, -0.2) is 4.39 Å². The topological polar surface area (TPSA) is 32.3 Å². The lowest BCUT2D eigenvalue weighted by Gasteiger charge is -2.14. The molecule has 0 aliphatic carbocycles. The second kappa shape index (κ2) is 7.34. The van der Waals surface area contributed by atoms with E-state index in [1.165, 1.54) is 11.6 Å². The molecule has 1 atom stereocenters. The van der Waals surface area contributed by atoms with E-state index in [9.17, 15) is 9.50 Å². The van der Waals surface area contributed by atoms with Crippen LogP contribution in [0.1, 0.15) is 42.6 Å². The van der Waals surface area contributed by atoms with Crippen molar-refractivity contribution >= 4 is 0 Å². The van der Waals surface area contributed by atoms with Gasteiger partial charge in [-0.2, -0.15) is 0 Å². The van der Waals surface area contributed by atoms with Crippen molar-refractivity contribution in [3.8, 4) is 0 Å². The quantitative estimate of drug-likeness (QED) is 0.847. The molecule has 0 aliphatic rings. The zero-order valence-electron chi connectivity index (χ0n) is 12.5. The largest absolute Gasteiger partial charge is 0.387 e. The molecule has 0 fully saturated rings. The molecule has 0 radical (unpaired) electrons. The average Bonchev–Trinajstić information content (AvgIpc) is 2.49. The predicted molar refractivity (Wildman–Crippen MR) is 83.6 cm³/mol. The Kier molecular flexibility index (Phi) is 5.48. The highest BCUT2D eigenvalue weighted by atomic mass is 19.1. The molecule has 0 aromatic heterocycles. The van der Waals surface area contributed by atoms with Crippen molar-refractivity contribution < 1.29 is 9.50 Å². The Labute approximate surface area is 125 Å². The van der Waals surface area contributed by atoms with Crippen molar-refractivity contribution in [2.75, 3.05) is 6.54 Å². The van der Waals surface area contributed by atoms with Crippen molar-refractivity contribution in [3.63, 3.8) is 0 Å². The van der Waals surface area contributed by atoms with Crippen molar-refractivity contribution in [2.24, 2.45) is 0 Å². The summed E-state index contributed by atoms with van der Waals surface area (Å²) in [5.74, 6) is 0.260. The van der Waals surface area contributed by atoms with Crippen LogP contribution in [-0.4, -0.2) is 11.7 Å². The molecule has 1 unspecified atom stereocenters. The Bertz CT molecular complexity index is 566. The molecule has 21 heavy (non-hydrogen) atoms. The number of hydrogen-bond donors (Lipinski definition) is 2. The molecule has 2 nitrogen and oxygen atoms in total. The summed E-state index contributed by atoms with van der Waals surface area (Å²) in [7, 11) is 0. The van der Waals surface area contributed by atoms with E-state index in [-0.39, 0.29) is 5.82 Å². The highest BCUT2D eigenvalue weighted by Crippen LogP contribution is 2.18. The first-order valence-electron chi connectivity index (χ1n) is 7.30. The maximum atomic E-state index is 13.5. The van der Waals surface area contributed by atoms with E-state index in [0.29, 0.717) is 24.6 Å². The fourth-order valence-electron chi connectivity index (χ4n) is 2.21. The number of aliphatic hydroxyl groups is 1. The summed E-state index contributed by atoms with van der Waals surface area (Å²) in [6, 6.07) is 14.6. The zero-order chi connectivity index (χ0) is 15.2. The standard InChI is InChI=1S/C18H22FNO/c1-13(2)14-7-9-15(10-8-14)18(21)12-20-11-16-5-3-4-6-17(16)19/h3-10,13,18,20-21H,11-12H2,1-2H3. The summed E-state index contributed by atoms with van der Waals surface area (Å²) in [5, 5.41) is 13.2. The van der Waals surface area contributed by atoms with E-state index in [0.717, 1.165) is 5.56 Å². The van der Waals surface area contributed by atoms with Crippen molar-refractivity contribution in [1.29, 1.82) is 0 Å². The van der Waals surface area contributed by atoms with E-state index < -0.39 is 6.10 Å². The third kappa shape index (κ3) is 4.38. The van der Waals surface area contributed by atoms with E-state index in [4.69, 9.17) is 0 Å². The Hall–Kier alpha value is -1.71. The predicted octanol–water partition coefficient (Wildman–Crippen LogP) is 3.77. The van der Waals surface area contributed by atoms with E-state index in [1.54, 1.807) is 18.2 Å². The minimum Gasteiger partial charge on any atom is -0.387 e.